The summed E-state index contributed by atoms with van der Waals surface area (Å²) in [4.78, 5) is 19.4. The third-order valence-electron chi connectivity index (χ3n) is 5.56. The summed E-state index contributed by atoms with van der Waals surface area (Å²) in [6.07, 6.45) is 0. The maximum Gasteiger partial charge on any atom is 0.237 e. The van der Waals surface area contributed by atoms with E-state index in [-0.39, 0.29) is 11.9 Å². The average Bonchev–Trinajstić information content (AvgIpc) is 3.30. The SMILES string of the molecule is Cc1ccccc1[C@H]1[C@@H]2CN(c3nncs3)C[C@@H]2CN1C(=O)CN(C)C. The minimum Gasteiger partial charge on any atom is -0.346 e. The molecule has 0 spiro atoms. The Morgan fingerprint density at radius 1 is 1.27 bits per heavy atom. The van der Waals surface area contributed by atoms with Gasteiger partial charge in [0.2, 0.25) is 11.0 Å². The van der Waals surface area contributed by atoms with Crippen molar-refractivity contribution >= 4 is 22.4 Å². The first-order valence-corrected chi connectivity index (χ1v) is 9.93. The molecule has 1 amide bonds. The zero-order chi connectivity index (χ0) is 18.3. The second-order valence-corrected chi connectivity index (χ2v) is 8.45. The first kappa shape index (κ1) is 17.4. The number of carbonyl (C=O) groups excluding carboxylic acids is 1. The number of carbonyl (C=O) groups is 1. The topological polar surface area (TPSA) is 52.6 Å². The van der Waals surface area contributed by atoms with Crippen LogP contribution in [0.4, 0.5) is 5.13 Å². The molecule has 2 fully saturated rings. The monoisotopic (exact) mass is 371 g/mol. The number of likely N-dealkylation sites (tertiary alicyclic amines) is 1. The molecule has 2 aliphatic heterocycles. The van der Waals surface area contributed by atoms with Gasteiger partial charge in [-0.1, -0.05) is 35.6 Å². The Labute approximate surface area is 158 Å². The Hall–Kier alpha value is -1.99. The average molecular weight is 372 g/mol. The molecule has 26 heavy (non-hydrogen) atoms. The van der Waals surface area contributed by atoms with Gasteiger partial charge in [0, 0.05) is 31.5 Å². The standard InChI is InChI=1S/C19H25N5OS/c1-13-6-4-5-7-15(13)18-16-10-23(19-21-20-12-26-19)8-14(16)9-24(18)17(25)11-22(2)3/h4-7,12,14,16,18H,8-11H2,1-3H3/t14-,16-,18+/m1/s1. The molecule has 0 N–H and O–H groups in total. The van der Waals surface area contributed by atoms with Gasteiger partial charge in [-0.05, 0) is 32.1 Å². The fraction of sp³-hybridized carbons (Fsp3) is 0.526. The molecule has 1 aromatic carbocycles. The highest BCUT2D eigenvalue weighted by molar-refractivity contribution is 7.13. The summed E-state index contributed by atoms with van der Waals surface area (Å²) in [7, 11) is 3.91. The number of hydrogen-bond donors (Lipinski definition) is 0. The molecule has 4 rings (SSSR count). The molecule has 1 aromatic heterocycles. The van der Waals surface area contributed by atoms with Gasteiger partial charge in [0.15, 0.2) is 0 Å². The van der Waals surface area contributed by atoms with Crippen LogP contribution in [0.3, 0.4) is 0 Å². The van der Waals surface area contributed by atoms with Crippen molar-refractivity contribution < 1.29 is 4.79 Å². The van der Waals surface area contributed by atoms with Crippen LogP contribution in [0.2, 0.25) is 0 Å². The minimum atomic E-state index is 0.145. The lowest BCUT2D eigenvalue weighted by atomic mass is 9.87. The van der Waals surface area contributed by atoms with Crippen molar-refractivity contribution in [1.29, 1.82) is 0 Å². The normalized spacial score (nSPS) is 25.2. The molecule has 0 saturated carbocycles. The quantitative estimate of drug-likeness (QED) is 0.823. The van der Waals surface area contributed by atoms with Crippen LogP contribution >= 0.6 is 11.3 Å². The lowest BCUT2D eigenvalue weighted by Crippen LogP contribution is -2.40. The minimum absolute atomic E-state index is 0.145. The second-order valence-electron chi connectivity index (χ2n) is 7.64. The summed E-state index contributed by atoms with van der Waals surface area (Å²) < 4.78 is 0. The molecule has 0 unspecified atom stereocenters. The predicted molar refractivity (Wildman–Crippen MR) is 103 cm³/mol. The summed E-state index contributed by atoms with van der Waals surface area (Å²) in [5.74, 6) is 1.14. The fourth-order valence-corrected chi connectivity index (χ4v) is 5.02. The summed E-state index contributed by atoms with van der Waals surface area (Å²) in [6, 6.07) is 8.63. The van der Waals surface area contributed by atoms with Crippen molar-refractivity contribution in [3.8, 4) is 0 Å². The molecule has 3 heterocycles. The number of likely N-dealkylation sites (N-methyl/N-ethyl adjacent to an activating group) is 1. The van der Waals surface area contributed by atoms with Gasteiger partial charge >= 0.3 is 0 Å². The maximum atomic E-state index is 12.9. The number of anilines is 1. The summed E-state index contributed by atoms with van der Waals surface area (Å²) in [5.41, 5.74) is 4.33. The van der Waals surface area contributed by atoms with Gasteiger partial charge in [-0.3, -0.25) is 4.79 Å². The summed E-state index contributed by atoms with van der Waals surface area (Å²) in [5, 5.41) is 9.22. The van der Waals surface area contributed by atoms with E-state index in [1.807, 2.05) is 19.0 Å². The van der Waals surface area contributed by atoms with Crippen molar-refractivity contribution in [2.75, 3.05) is 45.2 Å². The number of amides is 1. The number of rotatable bonds is 4. The Morgan fingerprint density at radius 3 is 2.77 bits per heavy atom. The van der Waals surface area contributed by atoms with E-state index in [1.54, 1.807) is 16.8 Å². The van der Waals surface area contributed by atoms with Crippen molar-refractivity contribution in [3.63, 3.8) is 0 Å². The molecule has 0 bridgehead atoms. The van der Waals surface area contributed by atoms with Crippen LogP contribution in [-0.2, 0) is 4.79 Å². The number of aromatic nitrogens is 2. The zero-order valence-electron chi connectivity index (χ0n) is 15.5. The van der Waals surface area contributed by atoms with Gasteiger partial charge in [-0.25, -0.2) is 0 Å². The van der Waals surface area contributed by atoms with Gasteiger partial charge in [0.05, 0.1) is 12.6 Å². The van der Waals surface area contributed by atoms with E-state index in [2.05, 4.69) is 51.2 Å². The van der Waals surface area contributed by atoms with Crippen LogP contribution in [0.1, 0.15) is 17.2 Å². The molecule has 3 atom stereocenters. The zero-order valence-corrected chi connectivity index (χ0v) is 16.3. The summed E-state index contributed by atoms with van der Waals surface area (Å²) in [6.45, 7) is 5.32. The first-order valence-electron chi connectivity index (χ1n) is 9.05. The number of aryl methyl sites for hydroxylation is 1. The Bertz CT molecular complexity index is 778. The maximum absolute atomic E-state index is 12.9. The molecule has 7 heteroatoms. The largest absolute Gasteiger partial charge is 0.346 e. The van der Waals surface area contributed by atoms with E-state index in [0.29, 0.717) is 18.4 Å². The number of nitrogens with zero attached hydrogens (tertiary/aromatic N) is 5. The van der Waals surface area contributed by atoms with Crippen LogP contribution in [0, 0.1) is 18.8 Å². The Morgan fingerprint density at radius 2 is 2.08 bits per heavy atom. The van der Waals surface area contributed by atoms with Gasteiger partial charge in [0.1, 0.15) is 5.51 Å². The third kappa shape index (κ3) is 3.10. The second kappa shape index (κ2) is 6.96. The lowest BCUT2D eigenvalue weighted by Gasteiger charge is -2.31. The van der Waals surface area contributed by atoms with E-state index in [0.717, 1.165) is 24.8 Å². The van der Waals surface area contributed by atoms with Crippen LogP contribution in [0.5, 0.6) is 0 Å². The molecule has 0 radical (unpaired) electrons. The van der Waals surface area contributed by atoms with Crippen molar-refractivity contribution in [3.05, 3.63) is 40.9 Å². The van der Waals surface area contributed by atoms with Gasteiger partial charge < -0.3 is 14.7 Å². The lowest BCUT2D eigenvalue weighted by molar-refractivity contribution is -0.133. The highest BCUT2D eigenvalue weighted by Gasteiger charge is 2.49. The molecule has 2 aliphatic rings. The van der Waals surface area contributed by atoms with Crippen LogP contribution in [0.15, 0.2) is 29.8 Å². The molecule has 2 saturated heterocycles. The Balaban J connectivity index is 1.64. The van der Waals surface area contributed by atoms with Gasteiger partial charge in [-0.15, -0.1) is 10.2 Å². The van der Waals surface area contributed by atoms with E-state index in [9.17, 15) is 4.79 Å². The van der Waals surface area contributed by atoms with Crippen LogP contribution < -0.4 is 4.90 Å². The number of benzene rings is 1. The molecule has 0 aliphatic carbocycles. The number of hydrogen-bond acceptors (Lipinski definition) is 6. The molecule has 2 aromatic rings. The van der Waals surface area contributed by atoms with Gasteiger partial charge in [0.25, 0.3) is 0 Å². The molecular weight excluding hydrogens is 346 g/mol. The van der Waals surface area contributed by atoms with E-state index < -0.39 is 0 Å². The van der Waals surface area contributed by atoms with E-state index in [1.165, 1.54) is 11.1 Å². The van der Waals surface area contributed by atoms with Crippen molar-refractivity contribution in [2.45, 2.75) is 13.0 Å². The first-order chi connectivity index (χ1) is 12.5. The smallest absolute Gasteiger partial charge is 0.237 e. The Kier molecular flexibility index (Phi) is 4.67. The highest BCUT2D eigenvalue weighted by atomic mass is 32.1. The molecular formula is C19H25N5OS. The van der Waals surface area contributed by atoms with Crippen LogP contribution in [-0.4, -0.2) is 66.2 Å². The van der Waals surface area contributed by atoms with E-state index >= 15 is 0 Å². The van der Waals surface area contributed by atoms with Crippen LogP contribution in [0.25, 0.3) is 0 Å². The molecule has 6 nitrogen and oxygen atoms in total. The van der Waals surface area contributed by atoms with Gasteiger partial charge in [-0.2, -0.15) is 0 Å². The third-order valence-corrected chi connectivity index (χ3v) is 6.31. The highest BCUT2D eigenvalue weighted by Crippen LogP contribution is 2.46. The van der Waals surface area contributed by atoms with E-state index in [4.69, 9.17) is 0 Å². The number of fused-ring (bicyclic) bond motifs is 1. The van der Waals surface area contributed by atoms with Crippen molar-refractivity contribution in [2.24, 2.45) is 11.8 Å². The predicted octanol–water partition coefficient (Wildman–Crippen LogP) is 2.04. The molecule has 138 valence electrons. The fourth-order valence-electron chi connectivity index (χ4n) is 4.44. The summed E-state index contributed by atoms with van der Waals surface area (Å²) >= 11 is 1.59. The van der Waals surface area contributed by atoms with Crippen molar-refractivity contribution in [1.82, 2.24) is 20.0 Å².